The number of pyridine rings is 1. The number of hydrogen-bond donors (Lipinski definition) is 1. The number of aryl methyl sites for hydroxylation is 1. The van der Waals surface area contributed by atoms with Crippen LogP contribution in [0.3, 0.4) is 0 Å². The maximum absolute atomic E-state index is 12.4. The topological polar surface area (TPSA) is 42.0 Å². The minimum Gasteiger partial charge on any atom is -0.325 e. The summed E-state index contributed by atoms with van der Waals surface area (Å²) in [7, 11) is 0. The quantitative estimate of drug-likeness (QED) is 0.601. The third kappa shape index (κ3) is 3.78. The van der Waals surface area contributed by atoms with Gasteiger partial charge in [-0.1, -0.05) is 47.5 Å². The molecule has 0 aliphatic carbocycles. The number of carbonyl (C=O) groups excluding carboxylic acids is 1. The van der Waals surface area contributed by atoms with E-state index in [0.717, 1.165) is 21.8 Å². The Balaban J connectivity index is 1.82. The van der Waals surface area contributed by atoms with Crippen LogP contribution in [0.15, 0.2) is 47.8 Å². The number of nitrogens with zero attached hydrogens (tertiary/aromatic N) is 1. The maximum Gasteiger partial charge on any atom is 0.228 e. The van der Waals surface area contributed by atoms with Gasteiger partial charge in [-0.05, 0) is 30.5 Å². The van der Waals surface area contributed by atoms with Gasteiger partial charge in [-0.15, -0.1) is 11.3 Å². The zero-order valence-corrected chi connectivity index (χ0v) is 15.2. The standard InChI is InChI=1S/C18H14Cl2N2OS/c1-11-9-14(19)13(18(20)21-11)10-17(23)22-15-6-3-2-5-12(15)16-7-4-8-24-16/h2-9H,10H2,1H3,(H,22,23). The molecule has 0 fully saturated rings. The molecule has 0 atom stereocenters. The lowest BCUT2D eigenvalue weighted by molar-refractivity contribution is -0.115. The van der Waals surface area contributed by atoms with E-state index in [2.05, 4.69) is 10.3 Å². The minimum absolute atomic E-state index is 0.0731. The summed E-state index contributed by atoms with van der Waals surface area (Å²) in [4.78, 5) is 17.7. The van der Waals surface area contributed by atoms with E-state index in [1.165, 1.54) is 0 Å². The van der Waals surface area contributed by atoms with E-state index in [-0.39, 0.29) is 17.5 Å². The van der Waals surface area contributed by atoms with Crippen molar-refractivity contribution in [1.82, 2.24) is 4.98 Å². The Morgan fingerprint density at radius 3 is 2.71 bits per heavy atom. The van der Waals surface area contributed by atoms with Crippen molar-refractivity contribution in [2.24, 2.45) is 0 Å². The number of carbonyl (C=O) groups is 1. The summed E-state index contributed by atoms with van der Waals surface area (Å²) in [6.45, 7) is 1.80. The lowest BCUT2D eigenvalue weighted by Gasteiger charge is -2.11. The molecule has 1 amide bonds. The largest absolute Gasteiger partial charge is 0.325 e. The Kier molecular flexibility index (Phi) is 5.19. The van der Waals surface area contributed by atoms with Gasteiger partial charge in [-0.25, -0.2) is 4.98 Å². The first-order valence-corrected chi connectivity index (χ1v) is 8.92. The highest BCUT2D eigenvalue weighted by Crippen LogP contribution is 2.31. The summed E-state index contributed by atoms with van der Waals surface area (Å²) in [6.07, 6.45) is 0.0731. The van der Waals surface area contributed by atoms with Crippen LogP contribution in [-0.2, 0) is 11.2 Å². The van der Waals surface area contributed by atoms with Gasteiger partial charge in [0.25, 0.3) is 0 Å². The fourth-order valence-electron chi connectivity index (χ4n) is 2.37. The van der Waals surface area contributed by atoms with Crippen molar-refractivity contribution in [2.45, 2.75) is 13.3 Å². The molecule has 0 radical (unpaired) electrons. The molecule has 2 aromatic heterocycles. The molecule has 3 nitrogen and oxygen atoms in total. The molecule has 1 N–H and O–H groups in total. The second-order valence-electron chi connectivity index (χ2n) is 5.26. The summed E-state index contributed by atoms with van der Waals surface area (Å²) >= 11 is 13.9. The molecular weight excluding hydrogens is 363 g/mol. The third-order valence-electron chi connectivity index (χ3n) is 3.47. The third-order valence-corrected chi connectivity index (χ3v) is 5.03. The van der Waals surface area contributed by atoms with Crippen molar-refractivity contribution in [3.05, 3.63) is 69.3 Å². The first-order chi connectivity index (χ1) is 11.5. The fourth-order valence-corrected chi connectivity index (χ4v) is 3.81. The van der Waals surface area contributed by atoms with E-state index in [4.69, 9.17) is 23.2 Å². The number of halogens is 2. The molecule has 0 spiro atoms. The Hall–Kier alpha value is -1.88. The molecule has 0 saturated carbocycles. The first-order valence-electron chi connectivity index (χ1n) is 7.29. The van der Waals surface area contributed by atoms with Crippen LogP contribution in [0.2, 0.25) is 10.2 Å². The highest BCUT2D eigenvalue weighted by Gasteiger charge is 2.15. The smallest absolute Gasteiger partial charge is 0.228 e. The van der Waals surface area contributed by atoms with Gasteiger partial charge in [0.1, 0.15) is 5.15 Å². The molecule has 122 valence electrons. The highest BCUT2D eigenvalue weighted by atomic mass is 35.5. The van der Waals surface area contributed by atoms with Gasteiger partial charge in [0.15, 0.2) is 0 Å². The van der Waals surface area contributed by atoms with E-state index < -0.39 is 0 Å². The Morgan fingerprint density at radius 1 is 1.21 bits per heavy atom. The Morgan fingerprint density at radius 2 is 2.00 bits per heavy atom. The van der Waals surface area contributed by atoms with Crippen molar-refractivity contribution >= 4 is 46.1 Å². The van der Waals surface area contributed by atoms with Crippen LogP contribution in [0, 0.1) is 6.92 Å². The lowest BCUT2D eigenvalue weighted by Crippen LogP contribution is -2.16. The average Bonchev–Trinajstić information content (AvgIpc) is 3.05. The summed E-state index contributed by atoms with van der Waals surface area (Å²) in [6, 6.07) is 13.4. The highest BCUT2D eigenvalue weighted by molar-refractivity contribution is 7.13. The normalized spacial score (nSPS) is 10.6. The van der Waals surface area contributed by atoms with Gasteiger partial charge in [-0.3, -0.25) is 4.79 Å². The molecule has 3 rings (SSSR count). The SMILES string of the molecule is Cc1cc(Cl)c(CC(=O)Nc2ccccc2-c2cccs2)c(Cl)n1. The molecule has 1 aromatic carbocycles. The predicted octanol–water partition coefficient (Wildman–Crippen LogP) is 5.61. The minimum atomic E-state index is -0.187. The van der Waals surface area contributed by atoms with Crippen LogP contribution in [0.1, 0.15) is 11.3 Å². The van der Waals surface area contributed by atoms with E-state index in [9.17, 15) is 4.79 Å². The summed E-state index contributed by atoms with van der Waals surface area (Å²) in [5, 5.41) is 5.66. The molecule has 3 aromatic rings. The van der Waals surface area contributed by atoms with Crippen LogP contribution < -0.4 is 5.32 Å². The maximum atomic E-state index is 12.4. The second-order valence-corrected chi connectivity index (χ2v) is 6.98. The fraction of sp³-hybridized carbons (Fsp3) is 0.111. The van der Waals surface area contributed by atoms with Crippen molar-refractivity contribution in [3.63, 3.8) is 0 Å². The van der Waals surface area contributed by atoms with Gasteiger partial charge in [-0.2, -0.15) is 0 Å². The number of rotatable bonds is 4. The van der Waals surface area contributed by atoms with Gasteiger partial charge < -0.3 is 5.32 Å². The summed E-state index contributed by atoms with van der Waals surface area (Å²) in [5.74, 6) is -0.187. The number of benzene rings is 1. The number of aromatic nitrogens is 1. The molecule has 24 heavy (non-hydrogen) atoms. The van der Waals surface area contributed by atoms with Gasteiger partial charge in [0, 0.05) is 32.4 Å². The number of thiophene rings is 1. The lowest BCUT2D eigenvalue weighted by atomic mass is 10.1. The molecule has 0 unspecified atom stereocenters. The Bertz CT molecular complexity index is 855. The zero-order valence-electron chi connectivity index (χ0n) is 12.8. The molecular formula is C18H14Cl2N2OS. The number of nitrogens with one attached hydrogen (secondary N) is 1. The number of para-hydroxylation sites is 1. The molecule has 0 aliphatic heterocycles. The van der Waals surface area contributed by atoms with Gasteiger partial charge in [0.05, 0.1) is 6.42 Å². The predicted molar refractivity (Wildman–Crippen MR) is 101 cm³/mol. The van der Waals surface area contributed by atoms with Crippen molar-refractivity contribution in [3.8, 4) is 10.4 Å². The number of amides is 1. The van der Waals surface area contributed by atoms with E-state index in [0.29, 0.717) is 10.6 Å². The van der Waals surface area contributed by atoms with Crippen molar-refractivity contribution < 1.29 is 4.79 Å². The summed E-state index contributed by atoms with van der Waals surface area (Å²) < 4.78 is 0. The van der Waals surface area contributed by atoms with E-state index in [1.807, 2.05) is 41.8 Å². The number of anilines is 1. The van der Waals surface area contributed by atoms with Crippen molar-refractivity contribution in [2.75, 3.05) is 5.32 Å². The van der Waals surface area contributed by atoms with Crippen LogP contribution in [0.5, 0.6) is 0 Å². The van der Waals surface area contributed by atoms with Gasteiger partial charge in [0.2, 0.25) is 5.91 Å². The van der Waals surface area contributed by atoms with Crippen LogP contribution in [-0.4, -0.2) is 10.9 Å². The number of hydrogen-bond acceptors (Lipinski definition) is 3. The molecule has 0 aliphatic rings. The van der Waals surface area contributed by atoms with Gasteiger partial charge >= 0.3 is 0 Å². The van der Waals surface area contributed by atoms with E-state index in [1.54, 1.807) is 24.3 Å². The van der Waals surface area contributed by atoms with Crippen LogP contribution in [0.25, 0.3) is 10.4 Å². The molecule has 2 heterocycles. The molecule has 0 saturated heterocycles. The second kappa shape index (κ2) is 7.34. The molecule has 6 heteroatoms. The molecule has 0 bridgehead atoms. The van der Waals surface area contributed by atoms with E-state index >= 15 is 0 Å². The summed E-state index contributed by atoms with van der Waals surface area (Å²) in [5.41, 5.74) is 3.00. The monoisotopic (exact) mass is 376 g/mol. The average molecular weight is 377 g/mol. The van der Waals surface area contributed by atoms with Crippen molar-refractivity contribution in [1.29, 1.82) is 0 Å². The first kappa shape index (κ1) is 17.0. The zero-order chi connectivity index (χ0) is 17.1. The van der Waals surface area contributed by atoms with Crippen LogP contribution >= 0.6 is 34.5 Å². The Labute approximate surface area is 154 Å². The van der Waals surface area contributed by atoms with Crippen LogP contribution in [0.4, 0.5) is 5.69 Å².